The number of primary sulfonamides is 1. The summed E-state index contributed by atoms with van der Waals surface area (Å²) in [5, 5.41) is 7.84. The third kappa shape index (κ3) is 6.06. The van der Waals surface area contributed by atoms with Crippen LogP contribution in [0.5, 0.6) is 5.75 Å². The quantitative estimate of drug-likeness (QED) is 0.718. The van der Waals surface area contributed by atoms with Crippen molar-refractivity contribution in [1.29, 1.82) is 0 Å². The molecule has 0 fully saturated rings. The maximum atomic E-state index is 12.4. The number of rotatable bonds is 8. The van der Waals surface area contributed by atoms with E-state index in [0.29, 0.717) is 18.8 Å². The Balaban J connectivity index is 1.95. The summed E-state index contributed by atoms with van der Waals surface area (Å²) in [6, 6.07) is 13.1. The second kappa shape index (κ2) is 8.98. The van der Waals surface area contributed by atoms with Gasteiger partial charge in [-0.05, 0) is 62.9 Å². The lowest BCUT2D eigenvalue weighted by molar-refractivity contribution is -0.120. The molecule has 0 radical (unpaired) electrons. The predicted molar refractivity (Wildman–Crippen MR) is 105 cm³/mol. The molecular weight excluding hydrogens is 366 g/mol. The Morgan fingerprint density at radius 1 is 1.15 bits per heavy atom. The van der Waals surface area contributed by atoms with Crippen molar-refractivity contribution in [2.45, 2.75) is 31.3 Å². The summed E-state index contributed by atoms with van der Waals surface area (Å²) in [5.74, 6) is 0.629. The van der Waals surface area contributed by atoms with E-state index in [2.05, 4.69) is 5.32 Å². The molecule has 146 valence electrons. The molecule has 1 amide bonds. The number of anilines is 1. The van der Waals surface area contributed by atoms with E-state index in [4.69, 9.17) is 9.88 Å². The number of sulfonamides is 1. The molecule has 0 heterocycles. The molecule has 0 spiro atoms. The fraction of sp³-hybridized carbons (Fsp3) is 0.316. The number of carbonyl (C=O) groups is 1. The first-order valence-corrected chi connectivity index (χ1v) is 10.1. The van der Waals surface area contributed by atoms with E-state index in [0.717, 1.165) is 11.3 Å². The van der Waals surface area contributed by atoms with E-state index in [9.17, 15) is 13.2 Å². The Bertz CT molecular complexity index is 865. The molecule has 0 aliphatic carbocycles. The monoisotopic (exact) mass is 391 g/mol. The molecule has 7 nitrogen and oxygen atoms in total. The van der Waals surface area contributed by atoms with E-state index in [1.807, 2.05) is 50.1 Å². The van der Waals surface area contributed by atoms with Gasteiger partial charge in [0.15, 0.2) is 0 Å². The zero-order valence-electron chi connectivity index (χ0n) is 15.7. The summed E-state index contributed by atoms with van der Waals surface area (Å²) in [7, 11) is -1.88. The van der Waals surface area contributed by atoms with Crippen molar-refractivity contribution < 1.29 is 17.9 Å². The number of hydrogen-bond donors (Lipinski definition) is 2. The standard InChI is InChI=1S/C19H25N3O4S/c1-4-26-17-9-5-15(6-10-17)13-22(3)14(2)19(23)21-16-7-11-18(12-8-16)27(20,24)25/h5-12,14H,4,13H2,1-3H3,(H,21,23)(H2,20,24,25)/t14-/m1/s1. The molecule has 0 saturated carbocycles. The van der Waals surface area contributed by atoms with Crippen LogP contribution < -0.4 is 15.2 Å². The van der Waals surface area contributed by atoms with Crippen LogP contribution in [0.2, 0.25) is 0 Å². The topological polar surface area (TPSA) is 102 Å². The number of hydrogen-bond acceptors (Lipinski definition) is 5. The average molecular weight is 391 g/mol. The van der Waals surface area contributed by atoms with Crippen LogP contribution >= 0.6 is 0 Å². The smallest absolute Gasteiger partial charge is 0.241 e. The molecule has 3 N–H and O–H groups in total. The normalized spacial score (nSPS) is 12.6. The van der Waals surface area contributed by atoms with E-state index in [-0.39, 0.29) is 16.8 Å². The average Bonchev–Trinajstić information content (AvgIpc) is 2.62. The zero-order chi connectivity index (χ0) is 20.0. The molecular formula is C19H25N3O4S. The number of ether oxygens (including phenoxy) is 1. The van der Waals surface area contributed by atoms with Crippen molar-refractivity contribution in [2.75, 3.05) is 19.0 Å². The van der Waals surface area contributed by atoms with Gasteiger partial charge in [0.05, 0.1) is 17.5 Å². The lowest BCUT2D eigenvalue weighted by Gasteiger charge is -2.24. The van der Waals surface area contributed by atoms with E-state index < -0.39 is 10.0 Å². The first-order valence-electron chi connectivity index (χ1n) is 8.56. The second-order valence-corrected chi connectivity index (χ2v) is 7.79. The Labute approximate surface area is 160 Å². The molecule has 2 aromatic carbocycles. The minimum absolute atomic E-state index is 0.00108. The maximum Gasteiger partial charge on any atom is 0.241 e. The van der Waals surface area contributed by atoms with Gasteiger partial charge >= 0.3 is 0 Å². The summed E-state index contributed by atoms with van der Waals surface area (Å²) >= 11 is 0. The Kier molecular flexibility index (Phi) is 6.95. The highest BCUT2D eigenvalue weighted by atomic mass is 32.2. The minimum atomic E-state index is -3.75. The Hall–Kier alpha value is -2.42. The fourth-order valence-electron chi connectivity index (χ4n) is 2.46. The van der Waals surface area contributed by atoms with Gasteiger partial charge < -0.3 is 10.1 Å². The zero-order valence-corrected chi connectivity index (χ0v) is 16.5. The van der Waals surface area contributed by atoms with Crippen LogP contribution in [0.4, 0.5) is 5.69 Å². The molecule has 2 rings (SSSR count). The number of nitrogens with one attached hydrogen (secondary N) is 1. The highest BCUT2D eigenvalue weighted by Crippen LogP contribution is 2.16. The highest BCUT2D eigenvalue weighted by molar-refractivity contribution is 7.89. The third-order valence-corrected chi connectivity index (χ3v) is 5.09. The van der Waals surface area contributed by atoms with Crippen LogP contribution in [0.15, 0.2) is 53.4 Å². The summed E-state index contributed by atoms with van der Waals surface area (Å²) < 4.78 is 28.0. The van der Waals surface area contributed by atoms with Gasteiger partial charge in [-0.3, -0.25) is 9.69 Å². The molecule has 0 aromatic heterocycles. The Morgan fingerprint density at radius 3 is 2.26 bits per heavy atom. The van der Waals surface area contributed by atoms with Crippen LogP contribution in [-0.4, -0.2) is 38.9 Å². The highest BCUT2D eigenvalue weighted by Gasteiger charge is 2.18. The van der Waals surface area contributed by atoms with Gasteiger partial charge in [0.25, 0.3) is 0 Å². The first-order chi connectivity index (χ1) is 12.7. The molecule has 0 aliphatic rings. The lowest BCUT2D eigenvalue weighted by Crippen LogP contribution is -2.39. The van der Waals surface area contributed by atoms with Crippen LogP contribution in [0.3, 0.4) is 0 Å². The fourth-order valence-corrected chi connectivity index (χ4v) is 2.97. The van der Waals surface area contributed by atoms with Gasteiger partial charge in [0, 0.05) is 12.2 Å². The van der Waals surface area contributed by atoms with Crippen molar-refractivity contribution in [3.63, 3.8) is 0 Å². The number of benzene rings is 2. The molecule has 0 bridgehead atoms. The van der Waals surface area contributed by atoms with Crippen molar-refractivity contribution in [1.82, 2.24) is 4.90 Å². The summed E-state index contributed by atoms with van der Waals surface area (Å²) in [6.45, 7) is 4.97. The molecule has 0 aliphatic heterocycles. The van der Waals surface area contributed by atoms with Gasteiger partial charge in [-0.2, -0.15) is 0 Å². The SMILES string of the molecule is CCOc1ccc(CN(C)[C@H](C)C(=O)Nc2ccc(S(N)(=O)=O)cc2)cc1. The Morgan fingerprint density at radius 2 is 1.74 bits per heavy atom. The summed E-state index contributed by atoms with van der Waals surface area (Å²) in [5.41, 5.74) is 1.58. The summed E-state index contributed by atoms with van der Waals surface area (Å²) in [4.78, 5) is 14.4. The molecule has 1 atom stereocenters. The number of nitrogens with two attached hydrogens (primary N) is 1. The van der Waals surface area contributed by atoms with Crippen molar-refractivity contribution in [3.05, 3.63) is 54.1 Å². The lowest BCUT2D eigenvalue weighted by atomic mass is 10.1. The van der Waals surface area contributed by atoms with Crippen LogP contribution in [-0.2, 0) is 21.4 Å². The van der Waals surface area contributed by atoms with Gasteiger partial charge in [0.2, 0.25) is 15.9 Å². The van der Waals surface area contributed by atoms with Gasteiger partial charge in [-0.15, -0.1) is 0 Å². The van der Waals surface area contributed by atoms with Crippen molar-refractivity contribution in [3.8, 4) is 5.75 Å². The molecule has 0 unspecified atom stereocenters. The second-order valence-electron chi connectivity index (χ2n) is 6.23. The van der Waals surface area contributed by atoms with E-state index >= 15 is 0 Å². The summed E-state index contributed by atoms with van der Waals surface area (Å²) in [6.07, 6.45) is 0. The van der Waals surface area contributed by atoms with Crippen molar-refractivity contribution in [2.24, 2.45) is 5.14 Å². The number of likely N-dealkylation sites (N-methyl/N-ethyl adjacent to an activating group) is 1. The van der Waals surface area contributed by atoms with E-state index in [1.54, 1.807) is 0 Å². The largest absolute Gasteiger partial charge is 0.494 e. The van der Waals surface area contributed by atoms with Gasteiger partial charge in [-0.25, -0.2) is 13.6 Å². The number of nitrogens with zero attached hydrogens (tertiary/aromatic N) is 1. The van der Waals surface area contributed by atoms with Crippen LogP contribution in [0.25, 0.3) is 0 Å². The van der Waals surface area contributed by atoms with Crippen LogP contribution in [0.1, 0.15) is 19.4 Å². The van der Waals surface area contributed by atoms with E-state index in [1.165, 1.54) is 24.3 Å². The minimum Gasteiger partial charge on any atom is -0.494 e. The number of carbonyl (C=O) groups excluding carboxylic acids is 1. The number of amides is 1. The third-order valence-electron chi connectivity index (χ3n) is 4.16. The molecule has 2 aromatic rings. The first kappa shape index (κ1) is 20.9. The molecule has 8 heteroatoms. The maximum absolute atomic E-state index is 12.4. The van der Waals surface area contributed by atoms with Crippen molar-refractivity contribution >= 4 is 21.6 Å². The molecule has 27 heavy (non-hydrogen) atoms. The van der Waals surface area contributed by atoms with Gasteiger partial charge in [0.1, 0.15) is 5.75 Å². The predicted octanol–water partition coefficient (Wildman–Crippen LogP) is 2.19. The van der Waals surface area contributed by atoms with Crippen LogP contribution in [0, 0.1) is 0 Å². The molecule has 0 saturated heterocycles. The van der Waals surface area contributed by atoms with Gasteiger partial charge in [-0.1, -0.05) is 12.1 Å².